The van der Waals surface area contributed by atoms with Gasteiger partial charge < -0.3 is 29.5 Å². The molecule has 258 valence electrons. The van der Waals surface area contributed by atoms with Gasteiger partial charge in [0.2, 0.25) is 0 Å². The molecule has 3 heterocycles. The van der Waals surface area contributed by atoms with Crippen LogP contribution in [0.15, 0.2) is 0 Å². The van der Waals surface area contributed by atoms with E-state index < -0.39 is 6.10 Å². The predicted molar refractivity (Wildman–Crippen MR) is 175 cm³/mol. The van der Waals surface area contributed by atoms with Crippen molar-refractivity contribution in [2.45, 2.75) is 223 Å². The number of unbranched alkanes of at least 4 members (excludes halogenated alkanes) is 16. The fourth-order valence-electron chi connectivity index (χ4n) is 7.58. The molecule has 0 aromatic carbocycles. The highest BCUT2D eigenvalue weighted by Crippen LogP contribution is 2.35. The Morgan fingerprint density at radius 1 is 0.636 bits per heavy atom. The van der Waals surface area contributed by atoms with Crippen LogP contribution in [-0.4, -0.2) is 70.1 Å². The Morgan fingerprint density at radius 2 is 1.05 bits per heavy atom. The Bertz CT molecular complexity index is 747. The summed E-state index contributed by atoms with van der Waals surface area (Å²) in [6.45, 7) is 4.02. The summed E-state index contributed by atoms with van der Waals surface area (Å²) in [6.07, 6.45) is 26.3. The lowest BCUT2D eigenvalue weighted by Gasteiger charge is -2.24. The summed E-state index contributed by atoms with van der Waals surface area (Å²) in [7, 11) is 0. The molecule has 0 aromatic rings. The maximum atomic E-state index is 11.7. The SMILES string of the molecule is CCCCCCCCCC[C@@H](O)[C@@H]1CC[C@@H]([C@@H]2CC[C@@H]([C@@H](O)CCCCCCCCCCCC[C@@H]3C(=O)O[C@@H](C)[C@@H]3O)O2)O1. The van der Waals surface area contributed by atoms with Crippen LogP contribution >= 0.6 is 0 Å². The fraction of sp³-hybridized carbons (Fsp3) is 0.973. The first kappa shape index (κ1) is 37.7. The Morgan fingerprint density at radius 3 is 1.45 bits per heavy atom. The van der Waals surface area contributed by atoms with Crippen molar-refractivity contribution in [2.24, 2.45) is 5.92 Å². The van der Waals surface area contributed by atoms with E-state index in [1.807, 2.05) is 0 Å². The molecule has 0 bridgehead atoms. The van der Waals surface area contributed by atoms with Gasteiger partial charge in [-0.15, -0.1) is 0 Å². The summed E-state index contributed by atoms with van der Waals surface area (Å²) >= 11 is 0. The maximum absolute atomic E-state index is 11.7. The van der Waals surface area contributed by atoms with Crippen LogP contribution in [0.25, 0.3) is 0 Å². The molecule has 3 aliphatic rings. The Hall–Kier alpha value is -0.730. The minimum absolute atomic E-state index is 0.0554. The third kappa shape index (κ3) is 13.6. The number of aliphatic hydroxyl groups excluding tert-OH is 3. The minimum Gasteiger partial charge on any atom is -0.460 e. The van der Waals surface area contributed by atoms with Gasteiger partial charge in [0.25, 0.3) is 0 Å². The first-order valence-corrected chi connectivity index (χ1v) is 19.0. The van der Waals surface area contributed by atoms with E-state index in [9.17, 15) is 20.1 Å². The van der Waals surface area contributed by atoms with Crippen molar-refractivity contribution in [1.82, 2.24) is 0 Å². The maximum Gasteiger partial charge on any atom is 0.312 e. The first-order valence-electron chi connectivity index (χ1n) is 19.0. The van der Waals surface area contributed by atoms with Gasteiger partial charge in [-0.1, -0.05) is 122 Å². The van der Waals surface area contributed by atoms with Gasteiger partial charge >= 0.3 is 5.97 Å². The summed E-state index contributed by atoms with van der Waals surface area (Å²) in [6, 6.07) is 0. The second-order valence-corrected chi connectivity index (χ2v) is 14.3. The number of esters is 1. The van der Waals surface area contributed by atoms with Crippen LogP contribution in [0.5, 0.6) is 0 Å². The van der Waals surface area contributed by atoms with Gasteiger partial charge in [-0.05, 0) is 51.9 Å². The zero-order valence-electron chi connectivity index (χ0n) is 28.3. The number of cyclic esters (lactones) is 1. The van der Waals surface area contributed by atoms with Crippen molar-refractivity contribution in [2.75, 3.05) is 0 Å². The molecule has 0 unspecified atom stereocenters. The van der Waals surface area contributed by atoms with E-state index in [0.717, 1.165) is 77.0 Å². The summed E-state index contributed by atoms with van der Waals surface area (Å²) in [5.74, 6) is -0.557. The second-order valence-electron chi connectivity index (χ2n) is 14.3. The van der Waals surface area contributed by atoms with Crippen LogP contribution in [0.2, 0.25) is 0 Å². The van der Waals surface area contributed by atoms with Gasteiger partial charge in [0.05, 0.1) is 42.5 Å². The molecule has 0 radical (unpaired) electrons. The zero-order chi connectivity index (χ0) is 31.6. The van der Waals surface area contributed by atoms with Gasteiger partial charge in [-0.2, -0.15) is 0 Å². The fourth-order valence-corrected chi connectivity index (χ4v) is 7.58. The Kier molecular flexibility index (Phi) is 18.8. The van der Waals surface area contributed by atoms with E-state index in [-0.39, 0.29) is 54.6 Å². The number of hydrogen-bond acceptors (Lipinski definition) is 7. The number of aliphatic hydroxyl groups is 3. The lowest BCUT2D eigenvalue weighted by Crippen LogP contribution is -2.33. The normalized spacial score (nSPS) is 30.2. The Labute approximate surface area is 269 Å². The number of carbonyl (C=O) groups is 1. The van der Waals surface area contributed by atoms with E-state index in [4.69, 9.17) is 14.2 Å². The predicted octanol–water partition coefficient (Wildman–Crippen LogP) is 7.94. The van der Waals surface area contributed by atoms with Crippen LogP contribution in [0.1, 0.15) is 174 Å². The molecule has 9 atom stereocenters. The Balaban J connectivity index is 1.11. The lowest BCUT2D eigenvalue weighted by atomic mass is 9.95. The first-order chi connectivity index (χ1) is 21.4. The quantitative estimate of drug-likeness (QED) is 0.0699. The second kappa shape index (κ2) is 22.0. The number of ether oxygens (including phenoxy) is 3. The molecule has 44 heavy (non-hydrogen) atoms. The van der Waals surface area contributed by atoms with E-state index in [0.29, 0.717) is 0 Å². The third-order valence-corrected chi connectivity index (χ3v) is 10.6. The van der Waals surface area contributed by atoms with Crippen molar-refractivity contribution in [1.29, 1.82) is 0 Å². The van der Waals surface area contributed by atoms with Crippen LogP contribution in [-0.2, 0) is 19.0 Å². The molecule has 3 N–H and O–H groups in total. The largest absolute Gasteiger partial charge is 0.460 e. The molecule has 3 aliphatic heterocycles. The van der Waals surface area contributed by atoms with Gasteiger partial charge in [0.15, 0.2) is 0 Å². The molecular formula is C37H68O7. The highest BCUT2D eigenvalue weighted by atomic mass is 16.6. The molecule has 3 rings (SSSR count). The van der Waals surface area contributed by atoms with E-state index in [1.165, 1.54) is 83.5 Å². The van der Waals surface area contributed by atoms with E-state index >= 15 is 0 Å². The van der Waals surface area contributed by atoms with Gasteiger partial charge in [0, 0.05) is 0 Å². The molecule has 0 saturated carbocycles. The molecule has 0 amide bonds. The summed E-state index contributed by atoms with van der Waals surface area (Å²) < 4.78 is 17.7. The molecule has 0 spiro atoms. The average Bonchev–Trinajstić information content (AvgIpc) is 3.75. The van der Waals surface area contributed by atoms with E-state index in [1.54, 1.807) is 6.92 Å². The van der Waals surface area contributed by atoms with Gasteiger partial charge in [-0.25, -0.2) is 0 Å². The molecule has 0 aliphatic carbocycles. The molecule has 7 nitrogen and oxygen atoms in total. The van der Waals surface area contributed by atoms with Crippen molar-refractivity contribution < 1.29 is 34.3 Å². The minimum atomic E-state index is -0.638. The van der Waals surface area contributed by atoms with E-state index in [2.05, 4.69) is 6.92 Å². The number of carbonyl (C=O) groups excluding carboxylic acids is 1. The highest BCUT2D eigenvalue weighted by molar-refractivity contribution is 5.75. The molecule has 0 aromatic heterocycles. The van der Waals surface area contributed by atoms with Crippen LogP contribution in [0.4, 0.5) is 0 Å². The van der Waals surface area contributed by atoms with Crippen LogP contribution in [0, 0.1) is 5.92 Å². The summed E-state index contributed by atoms with van der Waals surface area (Å²) in [4.78, 5) is 11.7. The molecule has 3 saturated heterocycles. The lowest BCUT2D eigenvalue weighted by molar-refractivity contribution is -0.143. The highest BCUT2D eigenvalue weighted by Gasteiger charge is 2.41. The van der Waals surface area contributed by atoms with Crippen molar-refractivity contribution in [3.8, 4) is 0 Å². The summed E-state index contributed by atoms with van der Waals surface area (Å²) in [5.41, 5.74) is 0. The smallest absolute Gasteiger partial charge is 0.312 e. The third-order valence-electron chi connectivity index (χ3n) is 10.6. The monoisotopic (exact) mass is 624 g/mol. The number of rotatable bonds is 25. The van der Waals surface area contributed by atoms with Crippen LogP contribution < -0.4 is 0 Å². The van der Waals surface area contributed by atoms with Crippen molar-refractivity contribution in [3.63, 3.8) is 0 Å². The molecule has 7 heteroatoms. The standard InChI is InChI=1S/C37H68O7/c1-3-4-5-6-7-13-16-19-22-30(38)32-24-26-34(43-32)35-27-25-33(44-35)31(39)23-20-17-14-11-9-8-10-12-15-18-21-29-36(40)28(2)42-37(29)41/h28-36,38-40H,3-27H2,1-2H3/t28-,29-,30+,31-,32-,33-,34-,35-,36-/m0/s1. The van der Waals surface area contributed by atoms with Crippen molar-refractivity contribution >= 4 is 5.97 Å². The van der Waals surface area contributed by atoms with Crippen molar-refractivity contribution in [3.05, 3.63) is 0 Å². The topological polar surface area (TPSA) is 105 Å². The number of hydrogen-bond donors (Lipinski definition) is 3. The van der Waals surface area contributed by atoms with Gasteiger partial charge in [-0.3, -0.25) is 4.79 Å². The molecular weight excluding hydrogens is 556 g/mol. The van der Waals surface area contributed by atoms with Gasteiger partial charge in [0.1, 0.15) is 12.2 Å². The summed E-state index contributed by atoms with van der Waals surface area (Å²) in [5, 5.41) is 31.5. The molecule has 3 fully saturated rings. The zero-order valence-corrected chi connectivity index (χ0v) is 28.3. The average molecular weight is 625 g/mol. The van der Waals surface area contributed by atoms with Crippen LogP contribution in [0.3, 0.4) is 0 Å².